The van der Waals surface area contributed by atoms with Crippen molar-refractivity contribution in [2.24, 2.45) is 5.92 Å². The van der Waals surface area contributed by atoms with Crippen molar-refractivity contribution in [1.82, 2.24) is 10.3 Å². The van der Waals surface area contributed by atoms with Gasteiger partial charge in [0.2, 0.25) is 5.91 Å². The van der Waals surface area contributed by atoms with E-state index in [0.29, 0.717) is 22.6 Å². The van der Waals surface area contributed by atoms with Gasteiger partial charge in [-0.25, -0.2) is 4.98 Å². The molecule has 4 atom stereocenters. The number of aliphatic hydroxyl groups excluding tert-OH is 1. The number of amides is 2. The lowest BCUT2D eigenvalue weighted by atomic mass is 9.81. The van der Waals surface area contributed by atoms with Gasteiger partial charge in [0.1, 0.15) is 17.9 Å². The highest BCUT2D eigenvalue weighted by atomic mass is 16.3. The lowest BCUT2D eigenvalue weighted by Crippen LogP contribution is -2.49. The summed E-state index contributed by atoms with van der Waals surface area (Å²) in [6.45, 7) is 5.11. The first kappa shape index (κ1) is 22.8. The number of hydrogen-bond donors (Lipinski definition) is 3. The molecule has 1 aliphatic heterocycles. The van der Waals surface area contributed by atoms with Gasteiger partial charge in [-0.1, -0.05) is 12.8 Å². The third-order valence-corrected chi connectivity index (χ3v) is 5.45. The maximum atomic E-state index is 12.6. The van der Waals surface area contributed by atoms with Crippen molar-refractivity contribution in [3.05, 3.63) is 53.2 Å². The minimum atomic E-state index is -0.668. The Morgan fingerprint density at radius 2 is 2.09 bits per heavy atom. The monoisotopic (exact) mass is 431 g/mol. The molecular weight excluding hydrogens is 406 g/mol. The molecule has 0 saturated carbocycles. The van der Waals surface area contributed by atoms with Crippen LogP contribution in [-0.2, 0) is 4.79 Å². The Hall–Kier alpha value is -3.88. The van der Waals surface area contributed by atoms with Crippen LogP contribution in [0, 0.1) is 29.6 Å². The summed E-state index contributed by atoms with van der Waals surface area (Å²) >= 11 is 0. The number of benzene rings is 1. The van der Waals surface area contributed by atoms with Crippen molar-refractivity contribution in [2.75, 3.05) is 16.8 Å². The van der Waals surface area contributed by atoms with Crippen LogP contribution in [0.3, 0.4) is 0 Å². The molecule has 3 rings (SSSR count). The van der Waals surface area contributed by atoms with Crippen LogP contribution in [0.2, 0.25) is 0 Å². The second-order valence-electron chi connectivity index (χ2n) is 7.86. The largest absolute Gasteiger partial charge is 0.392 e. The Morgan fingerprint density at radius 3 is 2.66 bits per heavy atom. The minimum Gasteiger partial charge on any atom is -0.392 e. The molecule has 3 N–H and O–H groups in total. The summed E-state index contributed by atoms with van der Waals surface area (Å²) in [5.41, 5.74) is 2.19. The fourth-order valence-electron chi connectivity index (χ4n) is 3.86. The van der Waals surface area contributed by atoms with Gasteiger partial charge in [0.15, 0.2) is 0 Å². The third-order valence-electron chi connectivity index (χ3n) is 5.45. The molecule has 0 radical (unpaired) electrons. The fraction of sp³-hybridized carbons (Fsp3) is 0.333. The SMILES string of the molecule is C#C[C@H]1[C@H](C)[C@@H](Nc2ccc(C#N)cn2)c2cc(C(=O)NC[C@@H](C)O)ccc2N1C(C)=O. The molecule has 2 amide bonds. The minimum absolute atomic E-state index is 0.127. The van der Waals surface area contributed by atoms with E-state index in [1.807, 2.05) is 13.0 Å². The zero-order chi connectivity index (χ0) is 23.4. The molecule has 0 aliphatic carbocycles. The summed E-state index contributed by atoms with van der Waals surface area (Å²) in [6, 6.07) is 9.63. The second-order valence-corrected chi connectivity index (χ2v) is 7.86. The first-order valence-electron chi connectivity index (χ1n) is 10.3. The molecule has 0 bridgehead atoms. The Bertz CT molecular complexity index is 1100. The summed E-state index contributed by atoms with van der Waals surface area (Å²) < 4.78 is 0. The predicted molar refractivity (Wildman–Crippen MR) is 121 cm³/mol. The number of pyridine rings is 1. The third kappa shape index (κ3) is 4.56. The van der Waals surface area contributed by atoms with Crippen LogP contribution in [0.15, 0.2) is 36.5 Å². The number of fused-ring (bicyclic) bond motifs is 1. The molecule has 32 heavy (non-hydrogen) atoms. The Kier molecular flexibility index (Phi) is 6.77. The number of carbonyl (C=O) groups is 2. The molecule has 1 aromatic heterocycles. The van der Waals surface area contributed by atoms with Crippen molar-refractivity contribution in [2.45, 2.75) is 39.0 Å². The van der Waals surface area contributed by atoms with E-state index in [1.165, 1.54) is 13.1 Å². The van der Waals surface area contributed by atoms with Gasteiger partial charge >= 0.3 is 0 Å². The van der Waals surface area contributed by atoms with Crippen LogP contribution in [0.4, 0.5) is 11.5 Å². The van der Waals surface area contributed by atoms with Crippen molar-refractivity contribution < 1.29 is 14.7 Å². The normalized spacial score (nSPS) is 20.3. The number of anilines is 2. The molecule has 1 aromatic carbocycles. The summed E-state index contributed by atoms with van der Waals surface area (Å²) in [5.74, 6) is 2.54. The van der Waals surface area contributed by atoms with Crippen molar-refractivity contribution in [3.63, 3.8) is 0 Å². The topological polar surface area (TPSA) is 118 Å². The Morgan fingerprint density at radius 1 is 1.34 bits per heavy atom. The van der Waals surface area contributed by atoms with E-state index >= 15 is 0 Å². The zero-order valence-electron chi connectivity index (χ0n) is 18.2. The summed E-state index contributed by atoms with van der Waals surface area (Å²) in [6.07, 6.45) is 6.61. The van der Waals surface area contributed by atoms with E-state index in [2.05, 4.69) is 21.5 Å². The van der Waals surface area contributed by atoms with Crippen molar-refractivity contribution in [1.29, 1.82) is 5.26 Å². The molecule has 0 fully saturated rings. The van der Waals surface area contributed by atoms with Crippen LogP contribution in [0.25, 0.3) is 0 Å². The lowest BCUT2D eigenvalue weighted by molar-refractivity contribution is -0.117. The maximum Gasteiger partial charge on any atom is 0.251 e. The first-order valence-corrected chi connectivity index (χ1v) is 10.3. The number of aromatic nitrogens is 1. The van der Waals surface area contributed by atoms with Crippen LogP contribution in [-0.4, -0.2) is 40.6 Å². The van der Waals surface area contributed by atoms with Crippen LogP contribution < -0.4 is 15.5 Å². The molecule has 1 aliphatic rings. The molecular formula is C24H25N5O3. The van der Waals surface area contributed by atoms with E-state index in [4.69, 9.17) is 11.7 Å². The smallest absolute Gasteiger partial charge is 0.251 e. The molecule has 0 saturated heterocycles. The number of aliphatic hydroxyl groups is 1. The van der Waals surface area contributed by atoms with E-state index in [9.17, 15) is 14.7 Å². The van der Waals surface area contributed by atoms with Crippen LogP contribution >= 0.6 is 0 Å². The number of rotatable bonds is 5. The van der Waals surface area contributed by atoms with Gasteiger partial charge in [-0.05, 0) is 42.8 Å². The fourth-order valence-corrected chi connectivity index (χ4v) is 3.86. The molecule has 2 heterocycles. The molecule has 164 valence electrons. The van der Waals surface area contributed by atoms with Gasteiger partial charge in [0.25, 0.3) is 5.91 Å². The maximum absolute atomic E-state index is 12.6. The van der Waals surface area contributed by atoms with E-state index in [1.54, 1.807) is 42.2 Å². The average molecular weight is 431 g/mol. The second kappa shape index (κ2) is 9.51. The number of nitriles is 1. The highest BCUT2D eigenvalue weighted by Gasteiger charge is 2.40. The first-order chi connectivity index (χ1) is 15.3. The van der Waals surface area contributed by atoms with Crippen LogP contribution in [0.1, 0.15) is 48.3 Å². The quantitative estimate of drug-likeness (QED) is 0.625. The predicted octanol–water partition coefficient (Wildman–Crippen LogP) is 2.22. The molecule has 0 spiro atoms. The van der Waals surface area contributed by atoms with Crippen molar-refractivity contribution in [3.8, 4) is 18.4 Å². The Labute approximate surface area is 187 Å². The highest BCUT2D eigenvalue weighted by molar-refractivity contribution is 5.98. The van der Waals surface area contributed by atoms with E-state index in [-0.39, 0.29) is 30.3 Å². The van der Waals surface area contributed by atoms with Gasteiger partial charge in [-0.2, -0.15) is 5.26 Å². The number of nitrogens with zero attached hydrogens (tertiary/aromatic N) is 3. The Balaban J connectivity index is 2.06. The highest BCUT2D eigenvalue weighted by Crippen LogP contribution is 2.42. The van der Waals surface area contributed by atoms with Gasteiger partial charge in [0.05, 0.1) is 23.4 Å². The zero-order valence-corrected chi connectivity index (χ0v) is 18.2. The number of carbonyl (C=O) groups excluding carboxylic acids is 2. The summed E-state index contributed by atoms with van der Waals surface area (Å²) in [4.78, 5) is 30.9. The van der Waals surface area contributed by atoms with Crippen LogP contribution in [0.5, 0.6) is 0 Å². The van der Waals surface area contributed by atoms with Gasteiger partial charge in [0, 0.05) is 31.1 Å². The molecule has 8 heteroatoms. The lowest BCUT2D eigenvalue weighted by Gasteiger charge is -2.43. The molecule has 8 nitrogen and oxygen atoms in total. The molecule has 0 unspecified atom stereocenters. The number of hydrogen-bond acceptors (Lipinski definition) is 6. The summed E-state index contributed by atoms with van der Waals surface area (Å²) in [7, 11) is 0. The molecule has 2 aromatic rings. The summed E-state index contributed by atoms with van der Waals surface area (Å²) in [5, 5.41) is 24.5. The van der Waals surface area contributed by atoms with E-state index < -0.39 is 12.1 Å². The van der Waals surface area contributed by atoms with Crippen molar-refractivity contribution >= 4 is 23.3 Å². The average Bonchev–Trinajstić information content (AvgIpc) is 2.78. The standard InChI is InChI=1S/C24H25N5O3/c1-5-20-15(3)23(28-22-9-6-17(11-25)13-26-22)19-10-18(24(32)27-12-14(2)30)7-8-21(19)29(20)16(4)31/h1,6-10,13-15,20,23,30H,12H2,2-4H3,(H,26,28)(H,27,32)/t14-,15+,20+,23-/m1/s1. The van der Waals surface area contributed by atoms with E-state index in [0.717, 1.165) is 5.56 Å². The van der Waals surface area contributed by atoms with Gasteiger partial charge < -0.3 is 15.7 Å². The number of terminal acetylenes is 1. The number of nitrogens with one attached hydrogen (secondary N) is 2. The van der Waals surface area contributed by atoms with Gasteiger partial charge in [-0.3, -0.25) is 14.5 Å². The van der Waals surface area contributed by atoms with Gasteiger partial charge in [-0.15, -0.1) is 6.42 Å².